The minimum atomic E-state index is -0.442. The standard InChI is InChI=1S/C18H26N2O3/c1-12-9-14-5-3-4-6-16(14)17(12)19-18(22)20-7-8-23-11-15(20)10-13(2)21/h3-6,12-13,15,17,21H,7-11H2,1-2H3,(H,19,22)/t12-,13+,15-,17+/m1/s1. The maximum atomic E-state index is 12.8. The van der Waals surface area contributed by atoms with Gasteiger partial charge >= 0.3 is 6.03 Å². The number of hydrogen-bond donors (Lipinski definition) is 2. The Kier molecular flexibility index (Phi) is 4.87. The van der Waals surface area contributed by atoms with E-state index in [4.69, 9.17) is 4.74 Å². The maximum absolute atomic E-state index is 12.8. The van der Waals surface area contributed by atoms with Crippen LogP contribution in [0.1, 0.15) is 37.4 Å². The van der Waals surface area contributed by atoms with Gasteiger partial charge in [-0.1, -0.05) is 31.2 Å². The van der Waals surface area contributed by atoms with E-state index >= 15 is 0 Å². The molecule has 2 aliphatic rings. The highest BCUT2D eigenvalue weighted by Gasteiger charge is 2.34. The number of carbonyl (C=O) groups excluding carboxylic acids is 1. The minimum Gasteiger partial charge on any atom is -0.393 e. The molecule has 0 aromatic heterocycles. The van der Waals surface area contributed by atoms with Crippen LogP contribution in [0.15, 0.2) is 24.3 Å². The summed E-state index contributed by atoms with van der Waals surface area (Å²) >= 11 is 0. The third-order valence-corrected chi connectivity index (χ3v) is 4.88. The number of nitrogens with zero attached hydrogens (tertiary/aromatic N) is 1. The quantitative estimate of drug-likeness (QED) is 0.897. The molecular formula is C18H26N2O3. The lowest BCUT2D eigenvalue weighted by molar-refractivity contribution is -0.00507. The van der Waals surface area contributed by atoms with Crippen LogP contribution in [0.5, 0.6) is 0 Å². The molecule has 5 heteroatoms. The van der Waals surface area contributed by atoms with Crippen molar-refractivity contribution in [3.63, 3.8) is 0 Å². The van der Waals surface area contributed by atoms with Crippen LogP contribution < -0.4 is 5.32 Å². The van der Waals surface area contributed by atoms with Gasteiger partial charge in [-0.05, 0) is 36.8 Å². The molecule has 0 saturated carbocycles. The highest BCUT2D eigenvalue weighted by atomic mass is 16.5. The van der Waals surface area contributed by atoms with Crippen molar-refractivity contribution in [2.24, 2.45) is 5.92 Å². The molecule has 1 aromatic carbocycles. The van der Waals surface area contributed by atoms with Gasteiger partial charge in [-0.15, -0.1) is 0 Å². The van der Waals surface area contributed by atoms with Crippen molar-refractivity contribution in [2.45, 2.75) is 44.9 Å². The summed E-state index contributed by atoms with van der Waals surface area (Å²) in [5, 5.41) is 12.9. The van der Waals surface area contributed by atoms with Crippen LogP contribution in [0.2, 0.25) is 0 Å². The van der Waals surface area contributed by atoms with Crippen molar-refractivity contribution in [2.75, 3.05) is 19.8 Å². The molecule has 1 heterocycles. The summed E-state index contributed by atoms with van der Waals surface area (Å²) < 4.78 is 5.48. The molecule has 3 rings (SSSR count). The normalized spacial score (nSPS) is 28.3. The third kappa shape index (κ3) is 3.51. The van der Waals surface area contributed by atoms with E-state index in [-0.39, 0.29) is 18.1 Å². The molecule has 2 N–H and O–H groups in total. The van der Waals surface area contributed by atoms with Crippen LogP contribution in [0, 0.1) is 5.92 Å². The molecule has 0 radical (unpaired) electrons. The lowest BCUT2D eigenvalue weighted by atomic mass is 10.0. The zero-order valence-corrected chi connectivity index (χ0v) is 13.9. The van der Waals surface area contributed by atoms with Crippen LogP contribution >= 0.6 is 0 Å². The first-order valence-corrected chi connectivity index (χ1v) is 8.47. The topological polar surface area (TPSA) is 61.8 Å². The molecular weight excluding hydrogens is 292 g/mol. The number of carbonyl (C=O) groups is 1. The Morgan fingerprint density at radius 2 is 2.26 bits per heavy atom. The molecule has 0 spiro atoms. The Morgan fingerprint density at radius 1 is 1.48 bits per heavy atom. The summed E-state index contributed by atoms with van der Waals surface area (Å²) in [4.78, 5) is 14.6. The van der Waals surface area contributed by atoms with E-state index < -0.39 is 6.10 Å². The van der Waals surface area contributed by atoms with Crippen LogP contribution in [-0.4, -0.2) is 47.9 Å². The number of nitrogens with one attached hydrogen (secondary N) is 1. The van der Waals surface area contributed by atoms with Gasteiger partial charge < -0.3 is 20.1 Å². The lowest BCUT2D eigenvalue weighted by Crippen LogP contribution is -2.54. The van der Waals surface area contributed by atoms with E-state index in [1.165, 1.54) is 11.1 Å². The summed E-state index contributed by atoms with van der Waals surface area (Å²) in [6, 6.07) is 8.29. The van der Waals surface area contributed by atoms with Crippen molar-refractivity contribution < 1.29 is 14.6 Å². The number of hydrogen-bond acceptors (Lipinski definition) is 3. The zero-order valence-electron chi connectivity index (χ0n) is 13.9. The highest BCUT2D eigenvalue weighted by Crippen LogP contribution is 2.35. The monoisotopic (exact) mass is 318 g/mol. The van der Waals surface area contributed by atoms with Gasteiger partial charge in [0.15, 0.2) is 0 Å². The van der Waals surface area contributed by atoms with Crippen molar-refractivity contribution in [1.29, 1.82) is 0 Å². The van der Waals surface area contributed by atoms with Crippen LogP contribution in [-0.2, 0) is 11.2 Å². The fraction of sp³-hybridized carbons (Fsp3) is 0.611. The van der Waals surface area contributed by atoms with Gasteiger partial charge in [0, 0.05) is 6.54 Å². The second kappa shape index (κ2) is 6.89. The Hall–Kier alpha value is -1.59. The van der Waals surface area contributed by atoms with E-state index in [9.17, 15) is 9.90 Å². The van der Waals surface area contributed by atoms with Gasteiger partial charge in [-0.25, -0.2) is 4.79 Å². The van der Waals surface area contributed by atoms with Crippen molar-refractivity contribution >= 4 is 6.03 Å². The van der Waals surface area contributed by atoms with E-state index in [0.717, 1.165) is 6.42 Å². The van der Waals surface area contributed by atoms with Crippen molar-refractivity contribution in [3.8, 4) is 0 Å². The maximum Gasteiger partial charge on any atom is 0.318 e. The number of ether oxygens (including phenoxy) is 1. The van der Waals surface area contributed by atoms with Gasteiger partial charge in [-0.3, -0.25) is 0 Å². The molecule has 23 heavy (non-hydrogen) atoms. The molecule has 0 bridgehead atoms. The first-order valence-electron chi connectivity index (χ1n) is 8.47. The van der Waals surface area contributed by atoms with Crippen molar-refractivity contribution in [1.82, 2.24) is 10.2 Å². The number of rotatable bonds is 3. The van der Waals surface area contributed by atoms with Gasteiger partial charge in [0.1, 0.15) is 0 Å². The average Bonchev–Trinajstić information content (AvgIpc) is 2.83. The van der Waals surface area contributed by atoms with Gasteiger partial charge in [0.2, 0.25) is 0 Å². The van der Waals surface area contributed by atoms with Gasteiger partial charge in [0.05, 0.1) is 31.4 Å². The predicted octanol–water partition coefficient (Wildman–Crippen LogP) is 2.10. The Labute approximate surface area is 137 Å². The summed E-state index contributed by atoms with van der Waals surface area (Å²) in [6.45, 7) is 5.55. The van der Waals surface area contributed by atoms with E-state index in [0.29, 0.717) is 32.1 Å². The molecule has 1 fully saturated rings. The van der Waals surface area contributed by atoms with Crippen molar-refractivity contribution in [3.05, 3.63) is 35.4 Å². The second-order valence-electron chi connectivity index (χ2n) is 6.81. The van der Waals surface area contributed by atoms with E-state index in [2.05, 4.69) is 30.4 Å². The highest BCUT2D eigenvalue weighted by molar-refractivity contribution is 5.75. The number of aliphatic hydroxyl groups excluding tert-OH is 1. The third-order valence-electron chi connectivity index (χ3n) is 4.88. The molecule has 1 aliphatic heterocycles. The fourth-order valence-electron chi connectivity index (χ4n) is 3.74. The Bertz CT molecular complexity index is 561. The molecule has 1 aliphatic carbocycles. The van der Waals surface area contributed by atoms with Gasteiger partial charge in [-0.2, -0.15) is 0 Å². The Morgan fingerprint density at radius 3 is 3.04 bits per heavy atom. The predicted molar refractivity (Wildman–Crippen MR) is 88.2 cm³/mol. The van der Waals surface area contributed by atoms with E-state index in [1.807, 2.05) is 11.0 Å². The SMILES string of the molecule is C[C@H](O)C[C@@H]1COCCN1C(=O)N[C@@H]1c2ccccc2C[C@H]1C. The minimum absolute atomic E-state index is 0.0486. The van der Waals surface area contributed by atoms with Crippen LogP contribution in [0.3, 0.4) is 0 Å². The van der Waals surface area contributed by atoms with Gasteiger partial charge in [0.25, 0.3) is 0 Å². The number of fused-ring (bicyclic) bond motifs is 1. The number of aliphatic hydroxyl groups is 1. The first-order chi connectivity index (χ1) is 11.1. The molecule has 1 saturated heterocycles. The fourth-order valence-corrected chi connectivity index (χ4v) is 3.74. The Balaban J connectivity index is 1.70. The number of amides is 2. The summed E-state index contributed by atoms with van der Waals surface area (Å²) in [5.74, 6) is 0.396. The van der Waals surface area contributed by atoms with Crippen LogP contribution in [0.25, 0.3) is 0 Å². The molecule has 126 valence electrons. The largest absolute Gasteiger partial charge is 0.393 e. The number of morpholine rings is 1. The molecule has 1 aromatic rings. The lowest BCUT2D eigenvalue weighted by Gasteiger charge is -2.37. The summed E-state index contributed by atoms with van der Waals surface area (Å²) in [7, 11) is 0. The molecule has 2 amide bonds. The van der Waals surface area contributed by atoms with E-state index in [1.54, 1.807) is 6.92 Å². The summed E-state index contributed by atoms with van der Waals surface area (Å²) in [6.07, 6.45) is 1.11. The first kappa shape index (κ1) is 16.3. The molecule has 4 atom stereocenters. The molecule has 5 nitrogen and oxygen atoms in total. The average molecular weight is 318 g/mol. The second-order valence-corrected chi connectivity index (χ2v) is 6.81. The summed E-state index contributed by atoms with van der Waals surface area (Å²) in [5.41, 5.74) is 2.56. The smallest absolute Gasteiger partial charge is 0.318 e. The molecule has 0 unspecified atom stereocenters. The number of urea groups is 1. The zero-order chi connectivity index (χ0) is 16.4. The number of benzene rings is 1. The van der Waals surface area contributed by atoms with Crippen LogP contribution in [0.4, 0.5) is 4.79 Å².